The van der Waals surface area contributed by atoms with E-state index in [4.69, 9.17) is 10.8 Å². The first-order chi connectivity index (χ1) is 7.99. The predicted octanol–water partition coefficient (Wildman–Crippen LogP) is 0.826. The molecule has 0 fully saturated rings. The normalized spacial score (nSPS) is 10.5. The van der Waals surface area contributed by atoms with Crippen molar-refractivity contribution in [2.75, 3.05) is 5.73 Å². The van der Waals surface area contributed by atoms with Gasteiger partial charge in [-0.2, -0.15) is 9.67 Å². The summed E-state index contributed by atoms with van der Waals surface area (Å²) in [5, 5.41) is 12.1. The van der Waals surface area contributed by atoms with Gasteiger partial charge in [-0.15, -0.1) is 5.10 Å². The van der Waals surface area contributed by atoms with Gasteiger partial charge in [0.05, 0.1) is 0 Å². The van der Waals surface area contributed by atoms with Gasteiger partial charge in [0, 0.05) is 6.07 Å². The number of carbonyl (C=O) groups is 1. The number of carboxylic acids is 1. The van der Waals surface area contributed by atoms with E-state index in [2.05, 4.69) is 10.1 Å². The summed E-state index contributed by atoms with van der Waals surface area (Å²) >= 11 is 0. The maximum Gasteiger partial charge on any atom is 0.375 e. The zero-order valence-corrected chi connectivity index (χ0v) is 8.26. The summed E-state index contributed by atoms with van der Waals surface area (Å²) in [7, 11) is 0. The molecule has 8 heteroatoms. The van der Waals surface area contributed by atoms with E-state index in [1.807, 2.05) is 0 Å². The monoisotopic (exact) mass is 240 g/mol. The van der Waals surface area contributed by atoms with Gasteiger partial charge in [-0.25, -0.2) is 13.6 Å². The van der Waals surface area contributed by atoms with Crippen molar-refractivity contribution >= 4 is 11.9 Å². The van der Waals surface area contributed by atoms with Crippen LogP contribution >= 0.6 is 0 Å². The first kappa shape index (κ1) is 11.0. The van der Waals surface area contributed by atoms with Crippen molar-refractivity contribution in [2.24, 2.45) is 0 Å². The number of nitrogens with zero attached hydrogens (tertiary/aromatic N) is 3. The third-order valence-electron chi connectivity index (χ3n) is 1.96. The molecule has 3 N–H and O–H groups in total. The Bertz CT molecular complexity index is 597. The summed E-state index contributed by atoms with van der Waals surface area (Å²) in [4.78, 5) is 14.0. The predicted molar refractivity (Wildman–Crippen MR) is 52.6 cm³/mol. The molecule has 0 saturated heterocycles. The van der Waals surface area contributed by atoms with Gasteiger partial charge in [0.15, 0.2) is 5.82 Å². The molecule has 0 aliphatic rings. The SMILES string of the molecule is Nc1nc(C(=O)O)nn1-c1ccc(F)cc1F. The van der Waals surface area contributed by atoms with Crippen LogP contribution in [0, 0.1) is 11.6 Å². The molecule has 0 saturated carbocycles. The lowest BCUT2D eigenvalue weighted by Gasteiger charge is -2.03. The number of hydrogen-bond donors (Lipinski definition) is 2. The van der Waals surface area contributed by atoms with E-state index in [0.717, 1.165) is 16.8 Å². The minimum atomic E-state index is -1.39. The molecule has 1 aromatic carbocycles. The molecular weight excluding hydrogens is 234 g/mol. The fourth-order valence-electron chi connectivity index (χ4n) is 1.25. The fourth-order valence-corrected chi connectivity index (χ4v) is 1.25. The number of nitrogens with two attached hydrogens (primary N) is 1. The smallest absolute Gasteiger partial charge is 0.375 e. The molecule has 0 amide bonds. The van der Waals surface area contributed by atoms with E-state index in [0.29, 0.717) is 6.07 Å². The molecule has 6 nitrogen and oxygen atoms in total. The summed E-state index contributed by atoms with van der Waals surface area (Å²) in [6, 6.07) is 2.72. The third kappa shape index (κ3) is 1.92. The van der Waals surface area contributed by atoms with Crippen LogP contribution in [0.3, 0.4) is 0 Å². The first-order valence-electron chi connectivity index (χ1n) is 4.40. The summed E-state index contributed by atoms with van der Waals surface area (Å²) in [5.41, 5.74) is 5.21. The minimum absolute atomic E-state index is 0.177. The van der Waals surface area contributed by atoms with Gasteiger partial charge in [0.1, 0.15) is 11.5 Å². The Labute approximate surface area is 93.3 Å². The van der Waals surface area contributed by atoms with Gasteiger partial charge in [0.25, 0.3) is 5.82 Å². The van der Waals surface area contributed by atoms with E-state index >= 15 is 0 Å². The Hall–Kier alpha value is -2.51. The zero-order chi connectivity index (χ0) is 12.6. The van der Waals surface area contributed by atoms with Crippen molar-refractivity contribution in [3.63, 3.8) is 0 Å². The van der Waals surface area contributed by atoms with Crippen molar-refractivity contribution in [1.82, 2.24) is 14.8 Å². The van der Waals surface area contributed by atoms with E-state index in [1.54, 1.807) is 0 Å². The first-order valence-corrected chi connectivity index (χ1v) is 4.40. The number of benzene rings is 1. The van der Waals surface area contributed by atoms with Crippen LogP contribution in [0.1, 0.15) is 10.6 Å². The van der Waals surface area contributed by atoms with Gasteiger partial charge in [-0.1, -0.05) is 0 Å². The molecule has 0 atom stereocenters. The topological polar surface area (TPSA) is 94.0 Å². The van der Waals surface area contributed by atoms with Crippen LogP contribution in [0.2, 0.25) is 0 Å². The molecule has 0 radical (unpaired) electrons. The number of anilines is 1. The second-order valence-corrected chi connectivity index (χ2v) is 3.11. The van der Waals surface area contributed by atoms with Gasteiger partial charge < -0.3 is 10.8 Å². The van der Waals surface area contributed by atoms with Crippen LogP contribution < -0.4 is 5.73 Å². The lowest BCUT2D eigenvalue weighted by Crippen LogP contribution is -2.05. The molecule has 1 aromatic heterocycles. The number of aromatic nitrogens is 3. The average Bonchev–Trinajstić information content (AvgIpc) is 2.61. The maximum atomic E-state index is 13.4. The Kier molecular flexibility index (Phi) is 2.47. The standard InChI is InChI=1S/C9H6F2N4O2/c10-4-1-2-6(5(11)3-4)15-9(12)13-7(14-15)8(16)17/h1-3H,(H,16,17)(H2,12,13,14). The maximum absolute atomic E-state index is 13.4. The van der Waals surface area contributed by atoms with Crippen LogP contribution in [-0.2, 0) is 0 Å². The van der Waals surface area contributed by atoms with E-state index < -0.39 is 23.4 Å². The second-order valence-electron chi connectivity index (χ2n) is 3.11. The largest absolute Gasteiger partial charge is 0.475 e. The van der Waals surface area contributed by atoms with E-state index in [9.17, 15) is 13.6 Å². The van der Waals surface area contributed by atoms with Crippen molar-refractivity contribution in [3.05, 3.63) is 35.7 Å². The molecule has 17 heavy (non-hydrogen) atoms. The van der Waals surface area contributed by atoms with Crippen LogP contribution in [0.25, 0.3) is 5.69 Å². The van der Waals surface area contributed by atoms with Gasteiger partial charge >= 0.3 is 5.97 Å². The molecule has 2 rings (SSSR count). The number of halogens is 2. The molecule has 0 spiro atoms. The van der Waals surface area contributed by atoms with Crippen LogP contribution in [0.4, 0.5) is 14.7 Å². The van der Waals surface area contributed by atoms with Crippen molar-refractivity contribution in [3.8, 4) is 5.69 Å². The van der Waals surface area contributed by atoms with E-state index in [1.165, 1.54) is 0 Å². The summed E-state index contributed by atoms with van der Waals surface area (Å²) in [6.07, 6.45) is 0. The Morgan fingerprint density at radius 2 is 2.12 bits per heavy atom. The molecule has 88 valence electrons. The number of carboxylic acid groups (broad SMARTS) is 1. The minimum Gasteiger partial charge on any atom is -0.475 e. The average molecular weight is 240 g/mol. The van der Waals surface area contributed by atoms with Gasteiger partial charge in [-0.3, -0.25) is 0 Å². The molecule has 2 aromatic rings. The number of rotatable bonds is 2. The van der Waals surface area contributed by atoms with E-state index in [-0.39, 0.29) is 11.6 Å². The van der Waals surface area contributed by atoms with Crippen LogP contribution in [-0.4, -0.2) is 25.8 Å². The highest BCUT2D eigenvalue weighted by molar-refractivity contribution is 5.83. The number of aromatic carboxylic acids is 1. The molecular formula is C9H6F2N4O2. The molecule has 0 unspecified atom stereocenters. The van der Waals surface area contributed by atoms with Crippen molar-refractivity contribution in [2.45, 2.75) is 0 Å². The van der Waals surface area contributed by atoms with Gasteiger partial charge in [-0.05, 0) is 12.1 Å². The molecule has 1 heterocycles. The summed E-state index contributed by atoms with van der Waals surface area (Å²) in [5.74, 6) is -3.93. The lowest BCUT2D eigenvalue weighted by atomic mass is 10.3. The highest BCUT2D eigenvalue weighted by Crippen LogP contribution is 2.16. The number of hydrogen-bond acceptors (Lipinski definition) is 4. The highest BCUT2D eigenvalue weighted by atomic mass is 19.1. The highest BCUT2D eigenvalue weighted by Gasteiger charge is 2.16. The molecule has 0 bridgehead atoms. The Morgan fingerprint density at radius 3 is 2.65 bits per heavy atom. The second kappa shape index (κ2) is 3.81. The zero-order valence-electron chi connectivity index (χ0n) is 8.26. The lowest BCUT2D eigenvalue weighted by molar-refractivity contribution is 0.0683. The fraction of sp³-hybridized carbons (Fsp3) is 0. The molecule has 0 aliphatic carbocycles. The summed E-state index contributed by atoms with van der Waals surface area (Å²) < 4.78 is 26.9. The van der Waals surface area contributed by atoms with Crippen LogP contribution in [0.5, 0.6) is 0 Å². The van der Waals surface area contributed by atoms with Gasteiger partial charge in [0.2, 0.25) is 5.95 Å². The third-order valence-corrected chi connectivity index (χ3v) is 1.96. The Balaban J connectivity index is 2.56. The molecule has 0 aliphatic heterocycles. The quantitative estimate of drug-likeness (QED) is 0.810. The summed E-state index contributed by atoms with van der Waals surface area (Å²) in [6.45, 7) is 0. The van der Waals surface area contributed by atoms with Crippen molar-refractivity contribution < 1.29 is 18.7 Å². The van der Waals surface area contributed by atoms with Crippen LogP contribution in [0.15, 0.2) is 18.2 Å². The number of nitrogen functional groups attached to an aromatic ring is 1. The Morgan fingerprint density at radius 1 is 1.41 bits per heavy atom. The van der Waals surface area contributed by atoms with Crippen molar-refractivity contribution in [1.29, 1.82) is 0 Å².